The molecule has 0 saturated heterocycles. The molecule has 0 atom stereocenters. The summed E-state index contributed by atoms with van der Waals surface area (Å²) in [6.07, 6.45) is 0. The average molecular weight is 294 g/mol. The first-order valence-electron chi connectivity index (χ1n) is 5.91. The van der Waals surface area contributed by atoms with Crippen molar-refractivity contribution in [2.75, 3.05) is 20.3 Å². The van der Waals surface area contributed by atoms with E-state index >= 15 is 0 Å². The van der Waals surface area contributed by atoms with Crippen LogP contribution in [0.15, 0.2) is 35.7 Å². The zero-order chi connectivity index (χ0) is 14.4. The van der Waals surface area contributed by atoms with Crippen LogP contribution in [-0.4, -0.2) is 31.4 Å². The third kappa shape index (κ3) is 3.64. The van der Waals surface area contributed by atoms with Gasteiger partial charge in [-0.3, -0.25) is 0 Å². The van der Waals surface area contributed by atoms with Gasteiger partial charge in [-0.1, -0.05) is 0 Å². The SMILES string of the molecule is COc1ccc(OCCOc2ccsc2C(=O)O)cc1. The molecule has 5 nitrogen and oxygen atoms in total. The molecule has 0 radical (unpaired) electrons. The lowest BCUT2D eigenvalue weighted by atomic mass is 10.3. The van der Waals surface area contributed by atoms with Gasteiger partial charge in [0.05, 0.1) is 7.11 Å². The highest BCUT2D eigenvalue weighted by Gasteiger charge is 2.12. The van der Waals surface area contributed by atoms with Crippen molar-refractivity contribution in [3.63, 3.8) is 0 Å². The van der Waals surface area contributed by atoms with Crippen molar-refractivity contribution in [3.05, 3.63) is 40.6 Å². The molecule has 2 rings (SSSR count). The van der Waals surface area contributed by atoms with Gasteiger partial charge in [0.2, 0.25) is 0 Å². The van der Waals surface area contributed by atoms with Crippen molar-refractivity contribution >= 4 is 17.3 Å². The fraction of sp³-hybridized carbons (Fsp3) is 0.214. The van der Waals surface area contributed by atoms with Crippen LogP contribution in [-0.2, 0) is 0 Å². The Kier molecular flexibility index (Phi) is 4.84. The number of thiophene rings is 1. The van der Waals surface area contributed by atoms with Crippen LogP contribution in [0.25, 0.3) is 0 Å². The first-order chi connectivity index (χ1) is 9.70. The predicted molar refractivity (Wildman–Crippen MR) is 75.3 cm³/mol. The molecule has 106 valence electrons. The maximum atomic E-state index is 10.9. The van der Waals surface area contributed by atoms with Crippen LogP contribution in [0.2, 0.25) is 0 Å². The first kappa shape index (κ1) is 14.2. The summed E-state index contributed by atoms with van der Waals surface area (Å²) in [6, 6.07) is 8.84. The van der Waals surface area contributed by atoms with Crippen LogP contribution >= 0.6 is 11.3 Å². The first-order valence-corrected chi connectivity index (χ1v) is 6.79. The lowest BCUT2D eigenvalue weighted by Crippen LogP contribution is -2.10. The summed E-state index contributed by atoms with van der Waals surface area (Å²) in [4.78, 5) is 11.1. The number of benzene rings is 1. The van der Waals surface area contributed by atoms with E-state index in [1.54, 1.807) is 42.8 Å². The Balaban J connectivity index is 1.78. The quantitative estimate of drug-likeness (QED) is 0.795. The summed E-state index contributed by atoms with van der Waals surface area (Å²) in [7, 11) is 1.60. The van der Waals surface area contributed by atoms with Gasteiger partial charge in [0, 0.05) is 0 Å². The second-order valence-corrected chi connectivity index (χ2v) is 4.71. The number of rotatable bonds is 7. The zero-order valence-corrected chi connectivity index (χ0v) is 11.7. The summed E-state index contributed by atoms with van der Waals surface area (Å²) in [5.41, 5.74) is 0. The minimum absolute atomic E-state index is 0.203. The third-order valence-corrected chi connectivity index (χ3v) is 3.38. The highest BCUT2D eigenvalue weighted by Crippen LogP contribution is 2.24. The molecule has 0 aliphatic rings. The summed E-state index contributed by atoms with van der Waals surface area (Å²) < 4.78 is 15.9. The van der Waals surface area contributed by atoms with E-state index < -0.39 is 5.97 Å². The second kappa shape index (κ2) is 6.81. The Labute approximate surface area is 120 Å². The van der Waals surface area contributed by atoms with Crippen molar-refractivity contribution in [2.45, 2.75) is 0 Å². The Morgan fingerprint density at radius 3 is 2.40 bits per heavy atom. The molecule has 1 aromatic carbocycles. The van der Waals surface area contributed by atoms with Gasteiger partial charge in [-0.25, -0.2) is 4.79 Å². The van der Waals surface area contributed by atoms with Crippen LogP contribution in [0, 0.1) is 0 Å². The molecule has 0 amide bonds. The molecule has 0 bridgehead atoms. The molecule has 1 N–H and O–H groups in total. The number of methoxy groups -OCH3 is 1. The van der Waals surface area contributed by atoms with E-state index in [1.165, 1.54) is 0 Å². The standard InChI is InChI=1S/C14H14O5S/c1-17-10-2-4-11(5-3-10)18-7-8-19-12-6-9-20-13(12)14(15)16/h2-6,9H,7-8H2,1H3,(H,15,16). The molecule has 1 heterocycles. The normalized spacial score (nSPS) is 10.1. The van der Waals surface area contributed by atoms with E-state index in [9.17, 15) is 4.79 Å². The minimum atomic E-state index is -0.980. The monoisotopic (exact) mass is 294 g/mol. The van der Waals surface area contributed by atoms with Crippen LogP contribution in [0.4, 0.5) is 0 Å². The van der Waals surface area contributed by atoms with E-state index in [0.717, 1.165) is 17.1 Å². The fourth-order valence-electron chi connectivity index (χ4n) is 1.55. The minimum Gasteiger partial charge on any atom is -0.497 e. The van der Waals surface area contributed by atoms with Crippen molar-refractivity contribution in [1.29, 1.82) is 0 Å². The average Bonchev–Trinajstić information content (AvgIpc) is 2.93. The van der Waals surface area contributed by atoms with Gasteiger partial charge in [0.1, 0.15) is 30.5 Å². The Hall–Kier alpha value is -2.21. The van der Waals surface area contributed by atoms with E-state index in [2.05, 4.69) is 0 Å². The Morgan fingerprint density at radius 1 is 1.10 bits per heavy atom. The Bertz CT molecular complexity index is 561. The lowest BCUT2D eigenvalue weighted by Gasteiger charge is -2.08. The molecule has 6 heteroatoms. The molecule has 0 aliphatic heterocycles. The van der Waals surface area contributed by atoms with Crippen molar-refractivity contribution in [2.24, 2.45) is 0 Å². The summed E-state index contributed by atoms with van der Waals surface area (Å²) >= 11 is 1.14. The maximum absolute atomic E-state index is 10.9. The van der Waals surface area contributed by atoms with E-state index in [4.69, 9.17) is 19.3 Å². The van der Waals surface area contributed by atoms with Crippen LogP contribution in [0.3, 0.4) is 0 Å². The van der Waals surface area contributed by atoms with Gasteiger partial charge in [-0.15, -0.1) is 11.3 Å². The molecular weight excluding hydrogens is 280 g/mol. The number of carboxylic acid groups (broad SMARTS) is 1. The van der Waals surface area contributed by atoms with Crippen molar-refractivity contribution in [3.8, 4) is 17.2 Å². The van der Waals surface area contributed by atoms with E-state index in [-0.39, 0.29) is 11.5 Å². The predicted octanol–water partition coefficient (Wildman–Crippen LogP) is 2.91. The van der Waals surface area contributed by atoms with Gasteiger partial charge in [0.25, 0.3) is 0 Å². The number of carboxylic acids is 1. The zero-order valence-electron chi connectivity index (χ0n) is 10.9. The number of hydrogen-bond donors (Lipinski definition) is 1. The molecule has 0 aliphatic carbocycles. The smallest absolute Gasteiger partial charge is 0.349 e. The van der Waals surface area contributed by atoms with Gasteiger partial charge >= 0.3 is 5.97 Å². The van der Waals surface area contributed by atoms with Gasteiger partial charge < -0.3 is 19.3 Å². The highest BCUT2D eigenvalue weighted by molar-refractivity contribution is 7.12. The molecule has 0 unspecified atom stereocenters. The molecule has 0 fully saturated rings. The molecule has 0 saturated carbocycles. The fourth-order valence-corrected chi connectivity index (χ4v) is 2.22. The van der Waals surface area contributed by atoms with E-state index in [1.807, 2.05) is 0 Å². The van der Waals surface area contributed by atoms with Crippen LogP contribution in [0.5, 0.6) is 17.2 Å². The molecule has 0 spiro atoms. The number of carbonyl (C=O) groups is 1. The molecule has 2 aromatic rings. The van der Waals surface area contributed by atoms with Crippen molar-refractivity contribution in [1.82, 2.24) is 0 Å². The van der Waals surface area contributed by atoms with Crippen LogP contribution in [0.1, 0.15) is 9.67 Å². The third-order valence-electron chi connectivity index (χ3n) is 2.49. The molecular formula is C14H14O5S. The van der Waals surface area contributed by atoms with Gasteiger partial charge in [-0.2, -0.15) is 0 Å². The summed E-state index contributed by atoms with van der Waals surface area (Å²) in [6.45, 7) is 0.615. The maximum Gasteiger partial charge on any atom is 0.349 e. The molecule has 1 aromatic heterocycles. The van der Waals surface area contributed by atoms with E-state index in [0.29, 0.717) is 18.1 Å². The summed E-state index contributed by atoms with van der Waals surface area (Å²) in [5.74, 6) is 0.864. The molecule has 20 heavy (non-hydrogen) atoms. The van der Waals surface area contributed by atoms with Gasteiger partial charge in [-0.05, 0) is 35.7 Å². The van der Waals surface area contributed by atoms with Crippen molar-refractivity contribution < 1.29 is 24.1 Å². The topological polar surface area (TPSA) is 65.0 Å². The Morgan fingerprint density at radius 2 is 1.75 bits per heavy atom. The van der Waals surface area contributed by atoms with Gasteiger partial charge in [0.15, 0.2) is 4.88 Å². The second-order valence-electron chi connectivity index (χ2n) is 3.79. The largest absolute Gasteiger partial charge is 0.497 e. The number of hydrogen-bond acceptors (Lipinski definition) is 5. The van der Waals surface area contributed by atoms with Crippen LogP contribution < -0.4 is 14.2 Å². The highest BCUT2D eigenvalue weighted by atomic mass is 32.1. The number of aromatic carboxylic acids is 1. The lowest BCUT2D eigenvalue weighted by molar-refractivity contribution is 0.0697. The summed E-state index contributed by atoms with van der Waals surface area (Å²) in [5, 5.41) is 10.6. The number of ether oxygens (including phenoxy) is 3.